The molecular weight excluding hydrogens is 503 g/mol. The lowest BCUT2D eigenvalue weighted by atomic mass is 10.1. The van der Waals surface area contributed by atoms with Crippen molar-refractivity contribution in [3.63, 3.8) is 0 Å². The number of rotatable bonds is 27. The number of hydrogen-bond acceptors (Lipinski definition) is 7. The van der Waals surface area contributed by atoms with Crippen molar-refractivity contribution in [3.8, 4) is 0 Å². The number of halogens is 1. The van der Waals surface area contributed by atoms with E-state index in [0.29, 0.717) is 79.3 Å². The van der Waals surface area contributed by atoms with E-state index in [0.717, 1.165) is 24.1 Å². The van der Waals surface area contributed by atoms with Crippen LogP contribution >= 0.6 is 22.6 Å². The van der Waals surface area contributed by atoms with E-state index in [-0.39, 0.29) is 0 Å². The summed E-state index contributed by atoms with van der Waals surface area (Å²) in [5, 5.41) is 0. The van der Waals surface area contributed by atoms with Crippen LogP contribution in [0.2, 0.25) is 0 Å². The second-order valence-electron chi connectivity index (χ2n) is 6.74. The maximum Gasteiger partial charge on any atom is 0.0701 e. The highest BCUT2D eigenvalue weighted by molar-refractivity contribution is 14.1. The van der Waals surface area contributed by atoms with Gasteiger partial charge in [0.25, 0.3) is 0 Å². The number of unbranched alkanes of at least 4 members (excludes halogenated alkanes) is 5. The average Bonchev–Trinajstić information content (AvgIpc) is 2.76. The first-order valence-electron chi connectivity index (χ1n) is 11.5. The number of alkyl halides is 1. The Labute approximate surface area is 197 Å². The molecule has 0 radical (unpaired) electrons. The minimum atomic E-state index is 0.564. The molecule has 0 saturated carbocycles. The van der Waals surface area contributed by atoms with Gasteiger partial charge in [-0.25, -0.2) is 0 Å². The maximum atomic E-state index is 5.56. The van der Waals surface area contributed by atoms with Gasteiger partial charge in [0.1, 0.15) is 0 Å². The maximum absolute atomic E-state index is 5.56. The third-order valence-corrected chi connectivity index (χ3v) is 4.54. The highest BCUT2D eigenvalue weighted by Crippen LogP contribution is 2.04. The van der Waals surface area contributed by atoms with Crippen molar-refractivity contribution in [1.82, 2.24) is 0 Å². The molecule has 0 amide bonds. The molecule has 182 valence electrons. The quantitative estimate of drug-likeness (QED) is 0.0877. The summed E-state index contributed by atoms with van der Waals surface area (Å²) in [7, 11) is 0. The SMILES string of the molecule is CCCCCCCCOCCOCCOCCOCCOCCOCCOCCI. The molecule has 0 rings (SSSR count). The third kappa shape index (κ3) is 28.5. The zero-order valence-electron chi connectivity index (χ0n) is 19.1. The van der Waals surface area contributed by atoms with Crippen LogP contribution in [0, 0.1) is 0 Å². The molecule has 30 heavy (non-hydrogen) atoms. The van der Waals surface area contributed by atoms with Gasteiger partial charge in [-0.3, -0.25) is 0 Å². The highest BCUT2D eigenvalue weighted by Gasteiger charge is 1.95. The van der Waals surface area contributed by atoms with Crippen LogP contribution in [0.25, 0.3) is 0 Å². The molecule has 0 bridgehead atoms. The van der Waals surface area contributed by atoms with Gasteiger partial charge >= 0.3 is 0 Å². The normalized spacial score (nSPS) is 11.4. The number of ether oxygens (including phenoxy) is 7. The molecule has 0 aliphatic carbocycles. The zero-order chi connectivity index (χ0) is 21.8. The molecule has 0 aromatic heterocycles. The van der Waals surface area contributed by atoms with E-state index in [1.165, 1.54) is 32.1 Å². The summed E-state index contributed by atoms with van der Waals surface area (Å²) < 4.78 is 39.1. The van der Waals surface area contributed by atoms with Crippen LogP contribution in [0.15, 0.2) is 0 Å². The smallest absolute Gasteiger partial charge is 0.0701 e. The highest BCUT2D eigenvalue weighted by atomic mass is 127. The van der Waals surface area contributed by atoms with Gasteiger partial charge in [-0.05, 0) is 6.42 Å². The van der Waals surface area contributed by atoms with E-state index < -0.39 is 0 Å². The molecule has 0 unspecified atom stereocenters. The summed E-state index contributed by atoms with van der Waals surface area (Å²) in [5.41, 5.74) is 0. The zero-order valence-corrected chi connectivity index (χ0v) is 21.2. The molecule has 0 aliphatic rings. The third-order valence-electron chi connectivity index (χ3n) is 4.10. The van der Waals surface area contributed by atoms with Crippen LogP contribution < -0.4 is 0 Å². The molecule has 0 aromatic carbocycles. The van der Waals surface area contributed by atoms with Crippen molar-refractivity contribution in [2.24, 2.45) is 0 Å². The Morgan fingerprint density at radius 3 is 1.03 bits per heavy atom. The van der Waals surface area contributed by atoms with Gasteiger partial charge in [0, 0.05) is 11.0 Å². The summed E-state index contributed by atoms with van der Waals surface area (Å²) >= 11 is 2.28. The van der Waals surface area contributed by atoms with Crippen molar-refractivity contribution in [2.45, 2.75) is 45.4 Å². The van der Waals surface area contributed by atoms with Crippen molar-refractivity contribution < 1.29 is 33.2 Å². The van der Waals surface area contributed by atoms with Gasteiger partial charge in [-0.15, -0.1) is 0 Å². The fraction of sp³-hybridized carbons (Fsp3) is 1.00. The lowest BCUT2D eigenvalue weighted by Gasteiger charge is -2.08. The molecule has 0 N–H and O–H groups in total. The Morgan fingerprint density at radius 1 is 0.367 bits per heavy atom. The van der Waals surface area contributed by atoms with Crippen LogP contribution in [-0.2, 0) is 33.2 Å². The van der Waals surface area contributed by atoms with Gasteiger partial charge in [-0.1, -0.05) is 61.6 Å². The van der Waals surface area contributed by atoms with Crippen LogP contribution in [0.3, 0.4) is 0 Å². The molecule has 0 atom stereocenters. The fourth-order valence-corrected chi connectivity index (χ4v) is 2.77. The van der Waals surface area contributed by atoms with Gasteiger partial charge in [0.05, 0.1) is 85.9 Å². The minimum absolute atomic E-state index is 0.564. The van der Waals surface area contributed by atoms with E-state index in [9.17, 15) is 0 Å². The summed E-state index contributed by atoms with van der Waals surface area (Å²) in [4.78, 5) is 0. The monoisotopic (exact) mass is 548 g/mol. The predicted molar refractivity (Wildman–Crippen MR) is 128 cm³/mol. The van der Waals surface area contributed by atoms with Crippen molar-refractivity contribution >= 4 is 22.6 Å². The van der Waals surface area contributed by atoms with Crippen LogP contribution in [-0.4, -0.2) is 96.9 Å². The van der Waals surface area contributed by atoms with Crippen LogP contribution in [0.1, 0.15) is 45.4 Å². The summed E-state index contributed by atoms with van der Waals surface area (Å²) in [6, 6.07) is 0. The largest absolute Gasteiger partial charge is 0.379 e. The topological polar surface area (TPSA) is 64.6 Å². The second-order valence-corrected chi connectivity index (χ2v) is 7.82. The lowest BCUT2D eigenvalue weighted by molar-refractivity contribution is -0.0201. The van der Waals surface area contributed by atoms with E-state index in [2.05, 4.69) is 29.5 Å². The molecule has 7 nitrogen and oxygen atoms in total. The van der Waals surface area contributed by atoms with Gasteiger partial charge in [-0.2, -0.15) is 0 Å². The molecule has 0 heterocycles. The first kappa shape index (κ1) is 30.4. The summed E-state index contributed by atoms with van der Waals surface area (Å²) in [6.45, 7) is 11.0. The predicted octanol–water partition coefficient (Wildman–Crippen LogP) is 3.90. The van der Waals surface area contributed by atoms with Gasteiger partial charge in [0.15, 0.2) is 0 Å². The van der Waals surface area contributed by atoms with E-state index in [1.54, 1.807) is 0 Å². The van der Waals surface area contributed by atoms with Crippen molar-refractivity contribution in [1.29, 1.82) is 0 Å². The fourth-order valence-electron chi connectivity index (χ4n) is 2.46. The Balaban J connectivity index is 2.97. The second kappa shape index (κ2) is 29.5. The first-order valence-corrected chi connectivity index (χ1v) is 13.0. The van der Waals surface area contributed by atoms with Crippen molar-refractivity contribution in [3.05, 3.63) is 0 Å². The Bertz CT molecular complexity index is 271. The molecule has 0 aromatic rings. The molecule has 0 spiro atoms. The van der Waals surface area contributed by atoms with E-state index in [1.807, 2.05) is 0 Å². The standard InChI is InChI=1S/C22H45IO7/c1-2-3-4-5-6-7-9-24-11-13-26-15-17-28-19-21-30-22-20-29-18-16-27-14-12-25-10-8-23/h2-22H2,1H3. The van der Waals surface area contributed by atoms with Crippen LogP contribution in [0.5, 0.6) is 0 Å². The Morgan fingerprint density at radius 2 is 0.667 bits per heavy atom. The van der Waals surface area contributed by atoms with Crippen LogP contribution in [0.4, 0.5) is 0 Å². The molecule has 0 aliphatic heterocycles. The van der Waals surface area contributed by atoms with E-state index in [4.69, 9.17) is 33.2 Å². The van der Waals surface area contributed by atoms with Gasteiger partial charge in [0.2, 0.25) is 0 Å². The lowest BCUT2D eigenvalue weighted by Crippen LogP contribution is -2.14. The summed E-state index contributed by atoms with van der Waals surface area (Å²) in [5.74, 6) is 0. The Hall–Kier alpha value is 0.450. The molecular formula is C22H45IO7. The molecule has 8 heteroatoms. The molecule has 0 saturated heterocycles. The number of hydrogen-bond donors (Lipinski definition) is 0. The van der Waals surface area contributed by atoms with Crippen molar-refractivity contribution in [2.75, 3.05) is 96.9 Å². The Kier molecular flexibility index (Phi) is 29.9. The first-order chi connectivity index (χ1) is 14.9. The average molecular weight is 548 g/mol. The van der Waals surface area contributed by atoms with E-state index >= 15 is 0 Å². The van der Waals surface area contributed by atoms with Gasteiger partial charge < -0.3 is 33.2 Å². The molecule has 0 fully saturated rings. The minimum Gasteiger partial charge on any atom is -0.379 e. The summed E-state index contributed by atoms with van der Waals surface area (Å²) in [6.07, 6.45) is 7.75.